The molecule has 0 aromatic heterocycles. The molecule has 1 fully saturated rings. The van der Waals surface area contributed by atoms with Crippen LogP contribution in [0.1, 0.15) is 33.6 Å². The van der Waals surface area contributed by atoms with Crippen LogP contribution in [-0.2, 0) is 19.1 Å². The number of hydrogen-bond acceptors (Lipinski definition) is 5. The highest BCUT2D eigenvalue weighted by Gasteiger charge is 2.32. The van der Waals surface area contributed by atoms with Crippen LogP contribution in [0.4, 0.5) is 4.79 Å². The monoisotopic (exact) mass is 352 g/mol. The summed E-state index contributed by atoms with van der Waals surface area (Å²) in [7, 11) is 0. The molecule has 9 heteroatoms. The third-order valence-electron chi connectivity index (χ3n) is 3.42. The van der Waals surface area contributed by atoms with Gasteiger partial charge in [-0.15, -0.1) is 12.3 Å². The minimum atomic E-state index is -0.880. The van der Waals surface area contributed by atoms with Gasteiger partial charge in [-0.2, -0.15) is 0 Å². The Hall–Kier alpha value is -2.60. The van der Waals surface area contributed by atoms with Crippen LogP contribution in [0.3, 0.4) is 0 Å². The summed E-state index contributed by atoms with van der Waals surface area (Å²) in [6.45, 7) is 5.53. The lowest BCUT2D eigenvalue weighted by Gasteiger charge is -2.28. The molecule has 0 radical (unpaired) electrons. The van der Waals surface area contributed by atoms with E-state index in [4.69, 9.17) is 11.2 Å². The van der Waals surface area contributed by atoms with Crippen LogP contribution in [0.15, 0.2) is 0 Å². The molecule has 0 aromatic carbocycles. The van der Waals surface area contributed by atoms with Gasteiger partial charge in [0, 0.05) is 13.0 Å². The van der Waals surface area contributed by atoms with Crippen molar-refractivity contribution in [2.75, 3.05) is 13.2 Å². The minimum Gasteiger partial charge on any atom is -0.368 e. The van der Waals surface area contributed by atoms with E-state index in [1.54, 1.807) is 20.8 Å². The summed E-state index contributed by atoms with van der Waals surface area (Å²) < 4.78 is 5.30. The van der Waals surface area contributed by atoms with E-state index in [0.717, 1.165) is 0 Å². The van der Waals surface area contributed by atoms with Crippen molar-refractivity contribution >= 4 is 23.8 Å². The molecule has 1 heterocycles. The molecule has 0 spiro atoms. The molecule has 138 valence electrons. The van der Waals surface area contributed by atoms with E-state index in [0.29, 0.717) is 6.42 Å². The average Bonchev–Trinajstić information content (AvgIpc) is 2.82. The van der Waals surface area contributed by atoms with E-state index in [9.17, 15) is 19.2 Å². The van der Waals surface area contributed by atoms with Crippen LogP contribution < -0.4 is 21.3 Å². The molecule has 5 amide bonds. The van der Waals surface area contributed by atoms with E-state index >= 15 is 0 Å². The first-order valence-corrected chi connectivity index (χ1v) is 7.90. The maximum atomic E-state index is 12.1. The van der Waals surface area contributed by atoms with Crippen molar-refractivity contribution in [2.45, 2.75) is 51.3 Å². The van der Waals surface area contributed by atoms with Crippen molar-refractivity contribution in [3.8, 4) is 12.3 Å². The topological polar surface area (TPSA) is 126 Å². The zero-order valence-electron chi connectivity index (χ0n) is 14.6. The summed E-state index contributed by atoms with van der Waals surface area (Å²) in [6.07, 6.45) is 4.70. The van der Waals surface area contributed by atoms with Crippen molar-refractivity contribution in [1.29, 1.82) is 0 Å². The van der Waals surface area contributed by atoms with Gasteiger partial charge in [0.15, 0.2) is 0 Å². The van der Waals surface area contributed by atoms with Gasteiger partial charge >= 0.3 is 6.03 Å². The van der Waals surface area contributed by atoms with Crippen LogP contribution >= 0.6 is 0 Å². The molecule has 0 aromatic rings. The third-order valence-corrected chi connectivity index (χ3v) is 3.42. The first-order chi connectivity index (χ1) is 11.6. The van der Waals surface area contributed by atoms with Gasteiger partial charge in [-0.1, -0.05) is 0 Å². The van der Waals surface area contributed by atoms with E-state index in [-0.39, 0.29) is 25.5 Å². The number of hydrogen-bond donors (Lipinski definition) is 4. The lowest BCUT2D eigenvalue weighted by atomic mass is 10.0. The normalized spacial score (nSPS) is 17.9. The third kappa shape index (κ3) is 7.22. The zero-order chi connectivity index (χ0) is 19.0. The van der Waals surface area contributed by atoms with Crippen LogP contribution in [0.5, 0.6) is 0 Å². The van der Waals surface area contributed by atoms with Crippen LogP contribution in [0.2, 0.25) is 0 Å². The van der Waals surface area contributed by atoms with Crippen molar-refractivity contribution in [3.05, 3.63) is 0 Å². The molecule has 1 saturated heterocycles. The quantitative estimate of drug-likeness (QED) is 0.241. The zero-order valence-corrected chi connectivity index (χ0v) is 14.6. The van der Waals surface area contributed by atoms with Crippen LogP contribution in [0.25, 0.3) is 0 Å². The average molecular weight is 352 g/mol. The largest absolute Gasteiger partial charge is 0.368 e. The number of imide groups is 1. The van der Waals surface area contributed by atoms with Gasteiger partial charge in [0.1, 0.15) is 12.1 Å². The second-order valence-corrected chi connectivity index (χ2v) is 6.34. The smallest absolute Gasteiger partial charge is 0.322 e. The maximum absolute atomic E-state index is 12.1. The number of terminal acetylenes is 1. The number of carbonyl (C=O) groups excluding carboxylic acids is 4. The summed E-state index contributed by atoms with van der Waals surface area (Å²) in [6, 6.07) is -1.50. The number of amides is 5. The Balaban J connectivity index is 2.37. The highest BCUT2D eigenvalue weighted by molar-refractivity contribution is 6.05. The predicted octanol–water partition coefficient (Wildman–Crippen LogP) is -0.976. The summed E-state index contributed by atoms with van der Waals surface area (Å²) in [4.78, 5) is 46.3. The number of carbonyl (C=O) groups is 4. The molecular weight excluding hydrogens is 328 g/mol. The van der Waals surface area contributed by atoms with Crippen molar-refractivity contribution in [1.82, 2.24) is 21.3 Å². The second-order valence-electron chi connectivity index (χ2n) is 6.34. The summed E-state index contributed by atoms with van der Waals surface area (Å²) >= 11 is 0. The highest BCUT2D eigenvalue weighted by atomic mass is 16.5. The van der Waals surface area contributed by atoms with Gasteiger partial charge in [-0.25, -0.2) is 4.79 Å². The van der Waals surface area contributed by atoms with Crippen LogP contribution in [0, 0.1) is 12.3 Å². The standard InChI is InChI=1S/C16H24N4O5/c1-5-6-7-25-10(2)13(22)20-16(3,4)9-17-12(21)8-11-14(23)19-15(24)18-11/h1,10-11H,6-9H2,2-4H3,(H,17,21)(H,20,22)(H2,18,19,23,24). The Morgan fingerprint density at radius 1 is 1.40 bits per heavy atom. The molecule has 25 heavy (non-hydrogen) atoms. The van der Waals surface area contributed by atoms with Crippen molar-refractivity contribution in [2.24, 2.45) is 0 Å². The number of rotatable bonds is 9. The first kappa shape index (κ1) is 20.4. The van der Waals surface area contributed by atoms with Gasteiger partial charge in [0.25, 0.3) is 5.91 Å². The van der Waals surface area contributed by atoms with E-state index in [2.05, 4.69) is 27.2 Å². The number of ether oxygens (including phenoxy) is 1. The van der Waals surface area contributed by atoms with Gasteiger partial charge in [-0.05, 0) is 20.8 Å². The van der Waals surface area contributed by atoms with Gasteiger partial charge in [-0.3, -0.25) is 19.7 Å². The van der Waals surface area contributed by atoms with Crippen molar-refractivity contribution in [3.63, 3.8) is 0 Å². The fraction of sp³-hybridized carbons (Fsp3) is 0.625. The fourth-order valence-corrected chi connectivity index (χ4v) is 2.03. The van der Waals surface area contributed by atoms with Crippen molar-refractivity contribution < 1.29 is 23.9 Å². The van der Waals surface area contributed by atoms with E-state index in [1.807, 2.05) is 0 Å². The van der Waals surface area contributed by atoms with Gasteiger partial charge in [0.2, 0.25) is 11.8 Å². The van der Waals surface area contributed by atoms with Crippen LogP contribution in [-0.4, -0.2) is 54.6 Å². The Bertz CT molecular complexity index is 582. The molecule has 1 rings (SSSR count). The molecular formula is C16H24N4O5. The Labute approximate surface area is 146 Å². The molecule has 0 bridgehead atoms. The molecule has 1 aliphatic heterocycles. The Morgan fingerprint density at radius 3 is 2.64 bits per heavy atom. The lowest BCUT2D eigenvalue weighted by molar-refractivity contribution is -0.133. The first-order valence-electron chi connectivity index (χ1n) is 7.90. The van der Waals surface area contributed by atoms with E-state index in [1.165, 1.54) is 0 Å². The number of nitrogens with one attached hydrogen (secondary N) is 4. The van der Waals surface area contributed by atoms with E-state index < -0.39 is 35.5 Å². The molecule has 9 nitrogen and oxygen atoms in total. The maximum Gasteiger partial charge on any atom is 0.322 e. The summed E-state index contributed by atoms with van der Waals surface area (Å²) in [5.41, 5.74) is -0.725. The summed E-state index contributed by atoms with van der Waals surface area (Å²) in [5.74, 6) is 1.15. The molecule has 4 N–H and O–H groups in total. The lowest BCUT2D eigenvalue weighted by Crippen LogP contribution is -2.54. The summed E-state index contributed by atoms with van der Waals surface area (Å²) in [5, 5.41) is 9.79. The minimum absolute atomic E-state index is 0.150. The van der Waals surface area contributed by atoms with Gasteiger partial charge in [0.05, 0.1) is 18.6 Å². The number of urea groups is 1. The van der Waals surface area contributed by atoms with Gasteiger partial charge < -0.3 is 20.7 Å². The Kier molecular flexibility index (Phi) is 7.39. The molecule has 2 atom stereocenters. The fourth-order valence-electron chi connectivity index (χ4n) is 2.03. The second kappa shape index (κ2) is 9.03. The predicted molar refractivity (Wildman–Crippen MR) is 89.2 cm³/mol. The molecule has 1 aliphatic rings. The molecule has 0 aliphatic carbocycles. The Morgan fingerprint density at radius 2 is 2.08 bits per heavy atom. The molecule has 0 saturated carbocycles. The highest BCUT2D eigenvalue weighted by Crippen LogP contribution is 2.04. The molecule has 2 unspecified atom stereocenters. The SMILES string of the molecule is C#CCCOC(C)C(=O)NC(C)(C)CNC(=O)CC1NC(=O)NC1=O.